The summed E-state index contributed by atoms with van der Waals surface area (Å²) in [6, 6.07) is 8.00. The lowest BCUT2D eigenvalue weighted by atomic mass is 10.1. The molecule has 1 aliphatic heterocycles. The Labute approximate surface area is 101 Å². The first-order valence-electron chi connectivity index (χ1n) is 5.81. The molecule has 1 saturated heterocycles. The van der Waals surface area contributed by atoms with Gasteiger partial charge in [0.05, 0.1) is 19.3 Å². The van der Waals surface area contributed by atoms with E-state index in [1.807, 2.05) is 19.1 Å². The maximum atomic E-state index is 10.3. The highest BCUT2D eigenvalue weighted by atomic mass is 16.5. The molecule has 90 valence electrons. The molecule has 1 aliphatic rings. The minimum atomic E-state index is -0.131. The monoisotopic (exact) mass is 232 g/mol. The first-order valence-corrected chi connectivity index (χ1v) is 5.81. The van der Waals surface area contributed by atoms with Gasteiger partial charge in [0.2, 0.25) is 6.08 Å². The summed E-state index contributed by atoms with van der Waals surface area (Å²) in [5.74, 6) is 0. The standard InChI is InChI=1S/C13H16N2O2/c1-11(14-10-16)12-3-2-4-13(9-12)15-5-7-17-8-6-15/h2-4,9,11H,5-8H2,1H3. The molecule has 1 unspecified atom stereocenters. The zero-order valence-corrected chi connectivity index (χ0v) is 9.93. The van der Waals surface area contributed by atoms with E-state index in [1.165, 1.54) is 5.69 Å². The highest BCUT2D eigenvalue weighted by molar-refractivity contribution is 5.50. The molecule has 0 amide bonds. The summed E-state index contributed by atoms with van der Waals surface area (Å²) < 4.78 is 5.33. The van der Waals surface area contributed by atoms with Crippen LogP contribution in [-0.4, -0.2) is 32.4 Å². The van der Waals surface area contributed by atoms with Crippen LogP contribution in [0.15, 0.2) is 29.3 Å². The number of morpholine rings is 1. The minimum absolute atomic E-state index is 0.131. The summed E-state index contributed by atoms with van der Waals surface area (Å²) in [5, 5.41) is 0. The second-order valence-electron chi connectivity index (χ2n) is 4.09. The zero-order valence-electron chi connectivity index (χ0n) is 9.93. The van der Waals surface area contributed by atoms with Crippen molar-refractivity contribution in [2.75, 3.05) is 31.2 Å². The third-order valence-corrected chi connectivity index (χ3v) is 2.98. The second kappa shape index (κ2) is 5.62. The Morgan fingerprint density at radius 2 is 2.18 bits per heavy atom. The van der Waals surface area contributed by atoms with E-state index >= 15 is 0 Å². The molecule has 17 heavy (non-hydrogen) atoms. The van der Waals surface area contributed by atoms with Crippen molar-refractivity contribution in [2.24, 2.45) is 4.99 Å². The number of hydrogen-bond acceptors (Lipinski definition) is 4. The summed E-state index contributed by atoms with van der Waals surface area (Å²) in [7, 11) is 0. The number of aliphatic imine (C=N–C) groups is 1. The molecule has 1 aromatic carbocycles. The second-order valence-corrected chi connectivity index (χ2v) is 4.09. The molecule has 2 rings (SSSR count). The molecule has 1 heterocycles. The smallest absolute Gasteiger partial charge is 0.235 e. The molecule has 4 nitrogen and oxygen atoms in total. The third-order valence-electron chi connectivity index (χ3n) is 2.98. The van der Waals surface area contributed by atoms with Crippen LogP contribution in [0.4, 0.5) is 5.69 Å². The zero-order chi connectivity index (χ0) is 12.1. The van der Waals surface area contributed by atoms with Gasteiger partial charge in [-0.1, -0.05) is 12.1 Å². The number of ether oxygens (including phenoxy) is 1. The maximum Gasteiger partial charge on any atom is 0.235 e. The number of carbonyl (C=O) groups excluding carboxylic acids is 1. The van der Waals surface area contributed by atoms with Gasteiger partial charge in [0.25, 0.3) is 0 Å². The van der Waals surface area contributed by atoms with Gasteiger partial charge in [-0.15, -0.1) is 0 Å². The predicted octanol–water partition coefficient (Wildman–Crippen LogP) is 1.92. The van der Waals surface area contributed by atoms with E-state index in [0.29, 0.717) is 0 Å². The topological polar surface area (TPSA) is 41.9 Å². The molecule has 0 N–H and O–H groups in total. The Morgan fingerprint density at radius 3 is 2.88 bits per heavy atom. The van der Waals surface area contributed by atoms with Gasteiger partial charge in [-0.3, -0.25) is 0 Å². The maximum absolute atomic E-state index is 10.3. The van der Waals surface area contributed by atoms with Gasteiger partial charge in [-0.25, -0.2) is 4.79 Å². The molecule has 1 aromatic rings. The average Bonchev–Trinajstić information content (AvgIpc) is 2.40. The van der Waals surface area contributed by atoms with E-state index in [-0.39, 0.29) is 6.04 Å². The Bertz CT molecular complexity index is 421. The van der Waals surface area contributed by atoms with Gasteiger partial charge in [0.15, 0.2) is 0 Å². The van der Waals surface area contributed by atoms with E-state index in [2.05, 4.69) is 22.0 Å². The summed E-state index contributed by atoms with van der Waals surface area (Å²) in [4.78, 5) is 16.3. The van der Waals surface area contributed by atoms with Crippen molar-refractivity contribution < 1.29 is 9.53 Å². The van der Waals surface area contributed by atoms with Crippen molar-refractivity contribution in [3.05, 3.63) is 29.8 Å². The molecule has 0 spiro atoms. The van der Waals surface area contributed by atoms with Gasteiger partial charge in [-0.2, -0.15) is 4.99 Å². The van der Waals surface area contributed by atoms with Crippen molar-refractivity contribution in [2.45, 2.75) is 13.0 Å². The lowest BCUT2D eigenvalue weighted by Gasteiger charge is -2.29. The molecule has 0 radical (unpaired) electrons. The number of nitrogens with zero attached hydrogens (tertiary/aromatic N) is 2. The highest BCUT2D eigenvalue weighted by Gasteiger charge is 2.12. The van der Waals surface area contributed by atoms with Gasteiger partial charge in [0.1, 0.15) is 0 Å². The molecule has 0 aromatic heterocycles. The number of anilines is 1. The summed E-state index contributed by atoms with van der Waals surface area (Å²) in [5.41, 5.74) is 2.20. The summed E-state index contributed by atoms with van der Waals surface area (Å²) in [6.45, 7) is 5.26. The third kappa shape index (κ3) is 2.93. The van der Waals surface area contributed by atoms with Crippen LogP contribution < -0.4 is 4.90 Å². The lowest BCUT2D eigenvalue weighted by molar-refractivity contribution is 0.122. The largest absolute Gasteiger partial charge is 0.378 e. The fraction of sp³-hybridized carbons (Fsp3) is 0.462. The molecule has 0 aliphatic carbocycles. The van der Waals surface area contributed by atoms with Crippen LogP contribution >= 0.6 is 0 Å². The SMILES string of the molecule is CC(N=C=O)c1cccc(N2CCOCC2)c1. The van der Waals surface area contributed by atoms with Crippen LogP contribution in [0.5, 0.6) is 0 Å². The van der Waals surface area contributed by atoms with Crippen LogP contribution in [0.2, 0.25) is 0 Å². The molecule has 1 atom stereocenters. The highest BCUT2D eigenvalue weighted by Crippen LogP contribution is 2.23. The van der Waals surface area contributed by atoms with Crippen molar-refractivity contribution >= 4 is 11.8 Å². The van der Waals surface area contributed by atoms with Gasteiger partial charge in [0, 0.05) is 18.8 Å². The molecular formula is C13H16N2O2. The lowest BCUT2D eigenvalue weighted by Crippen LogP contribution is -2.36. The van der Waals surface area contributed by atoms with Crippen molar-refractivity contribution in [3.8, 4) is 0 Å². The number of hydrogen-bond donors (Lipinski definition) is 0. The van der Waals surface area contributed by atoms with E-state index in [1.54, 1.807) is 6.08 Å². The van der Waals surface area contributed by atoms with Crippen molar-refractivity contribution in [3.63, 3.8) is 0 Å². The Balaban J connectivity index is 2.18. The molecule has 0 saturated carbocycles. The normalized spacial score (nSPS) is 17.4. The fourth-order valence-electron chi connectivity index (χ4n) is 1.96. The first kappa shape index (κ1) is 11.8. The Kier molecular flexibility index (Phi) is 3.91. The summed E-state index contributed by atoms with van der Waals surface area (Å²) >= 11 is 0. The molecule has 1 fully saturated rings. The van der Waals surface area contributed by atoms with Crippen molar-refractivity contribution in [1.29, 1.82) is 0 Å². The van der Waals surface area contributed by atoms with Gasteiger partial charge in [-0.05, 0) is 24.6 Å². The van der Waals surface area contributed by atoms with Crippen LogP contribution in [0.1, 0.15) is 18.5 Å². The Morgan fingerprint density at radius 1 is 1.41 bits per heavy atom. The number of rotatable bonds is 3. The molecule has 0 bridgehead atoms. The quantitative estimate of drug-likeness (QED) is 0.590. The van der Waals surface area contributed by atoms with E-state index < -0.39 is 0 Å². The predicted molar refractivity (Wildman–Crippen MR) is 66.0 cm³/mol. The molecule has 4 heteroatoms. The fourth-order valence-corrected chi connectivity index (χ4v) is 1.96. The Hall–Kier alpha value is -1.64. The van der Waals surface area contributed by atoms with Crippen LogP contribution in [0.25, 0.3) is 0 Å². The van der Waals surface area contributed by atoms with Crippen LogP contribution in [-0.2, 0) is 9.53 Å². The van der Waals surface area contributed by atoms with Gasteiger partial charge < -0.3 is 9.64 Å². The van der Waals surface area contributed by atoms with Crippen LogP contribution in [0, 0.1) is 0 Å². The molecular weight excluding hydrogens is 216 g/mol. The minimum Gasteiger partial charge on any atom is -0.378 e. The van der Waals surface area contributed by atoms with E-state index in [0.717, 1.165) is 31.9 Å². The van der Waals surface area contributed by atoms with Crippen LogP contribution in [0.3, 0.4) is 0 Å². The average molecular weight is 232 g/mol. The van der Waals surface area contributed by atoms with E-state index in [9.17, 15) is 4.79 Å². The summed E-state index contributed by atoms with van der Waals surface area (Å²) in [6.07, 6.45) is 1.61. The van der Waals surface area contributed by atoms with Gasteiger partial charge >= 0.3 is 0 Å². The van der Waals surface area contributed by atoms with Crippen molar-refractivity contribution in [1.82, 2.24) is 0 Å². The first-order chi connectivity index (χ1) is 8.31. The number of benzene rings is 1. The van der Waals surface area contributed by atoms with E-state index in [4.69, 9.17) is 4.74 Å². The number of isocyanates is 1.